The molecule has 0 aliphatic heterocycles. The lowest BCUT2D eigenvalue weighted by molar-refractivity contribution is 0.0527. The summed E-state index contributed by atoms with van der Waals surface area (Å²) in [5.74, 6) is -1.43. The third-order valence-corrected chi connectivity index (χ3v) is 1.95. The van der Waals surface area contributed by atoms with Crippen LogP contribution in [0, 0.1) is 0 Å². The zero-order valence-electron chi connectivity index (χ0n) is 11.1. The third-order valence-electron chi connectivity index (χ3n) is 1.95. The van der Waals surface area contributed by atoms with Crippen molar-refractivity contribution in [3.05, 3.63) is 23.8 Å². The Morgan fingerprint density at radius 2 is 2.11 bits per heavy atom. The summed E-state index contributed by atoms with van der Waals surface area (Å²) in [5, 5.41) is 11.3. The van der Waals surface area contributed by atoms with Gasteiger partial charge in [-0.3, -0.25) is 0 Å². The summed E-state index contributed by atoms with van der Waals surface area (Å²) in [5.41, 5.74) is -0.00128. The van der Waals surface area contributed by atoms with Crippen LogP contribution in [0.4, 0.5) is 4.79 Å². The number of nitrogens with zero attached hydrogens (tertiary/aromatic N) is 2. The van der Waals surface area contributed by atoms with Crippen molar-refractivity contribution in [2.75, 3.05) is 6.54 Å². The van der Waals surface area contributed by atoms with Crippen LogP contribution in [0.5, 0.6) is 0 Å². The van der Waals surface area contributed by atoms with Crippen LogP contribution in [0.25, 0.3) is 0 Å². The van der Waals surface area contributed by atoms with Gasteiger partial charge in [0.2, 0.25) is 5.82 Å². The molecule has 19 heavy (non-hydrogen) atoms. The number of aromatic carboxylic acids is 1. The highest BCUT2D eigenvalue weighted by Crippen LogP contribution is 2.06. The molecule has 0 spiro atoms. The Hall–Kier alpha value is -2.18. The van der Waals surface area contributed by atoms with Crippen molar-refractivity contribution in [1.82, 2.24) is 15.3 Å². The Bertz CT molecular complexity index is 468. The van der Waals surface area contributed by atoms with E-state index >= 15 is 0 Å². The molecular weight excluding hydrogens is 250 g/mol. The standard InChI is InChI=1S/C12H17N3O4/c1-12(2,3)19-11(18)14-7-5-8-4-6-13-9(15-8)10(16)17/h4,6H,5,7H2,1-3H3,(H,14,18)(H,16,17). The lowest BCUT2D eigenvalue weighted by Gasteiger charge is -2.19. The number of aromatic nitrogens is 2. The molecule has 0 atom stereocenters. The van der Waals surface area contributed by atoms with Crippen LogP contribution in [0.3, 0.4) is 0 Å². The van der Waals surface area contributed by atoms with Crippen molar-refractivity contribution >= 4 is 12.1 Å². The molecule has 0 bridgehead atoms. The van der Waals surface area contributed by atoms with Gasteiger partial charge in [0.05, 0.1) is 0 Å². The van der Waals surface area contributed by atoms with Crippen molar-refractivity contribution in [1.29, 1.82) is 0 Å². The topological polar surface area (TPSA) is 101 Å². The Balaban J connectivity index is 2.43. The van der Waals surface area contributed by atoms with Gasteiger partial charge >= 0.3 is 12.1 Å². The van der Waals surface area contributed by atoms with Crippen molar-refractivity contribution in [2.45, 2.75) is 32.8 Å². The predicted molar refractivity (Wildman–Crippen MR) is 66.9 cm³/mol. The summed E-state index contributed by atoms with van der Waals surface area (Å²) >= 11 is 0. The number of amides is 1. The van der Waals surface area contributed by atoms with E-state index in [1.54, 1.807) is 26.8 Å². The quantitative estimate of drug-likeness (QED) is 0.851. The highest BCUT2D eigenvalue weighted by molar-refractivity contribution is 5.82. The molecule has 2 N–H and O–H groups in total. The van der Waals surface area contributed by atoms with Crippen LogP contribution in [0.2, 0.25) is 0 Å². The summed E-state index contributed by atoms with van der Waals surface area (Å²) < 4.78 is 5.06. The number of hydrogen-bond donors (Lipinski definition) is 2. The fourth-order valence-corrected chi connectivity index (χ4v) is 1.25. The largest absolute Gasteiger partial charge is 0.475 e. The molecule has 0 aliphatic rings. The molecule has 0 saturated heterocycles. The molecule has 7 heteroatoms. The lowest BCUT2D eigenvalue weighted by Crippen LogP contribution is -2.33. The van der Waals surface area contributed by atoms with E-state index in [1.807, 2.05) is 0 Å². The van der Waals surface area contributed by atoms with E-state index in [9.17, 15) is 9.59 Å². The highest BCUT2D eigenvalue weighted by Gasteiger charge is 2.15. The zero-order valence-corrected chi connectivity index (χ0v) is 11.1. The number of ether oxygens (including phenoxy) is 1. The van der Waals surface area contributed by atoms with Gasteiger partial charge in [-0.1, -0.05) is 0 Å². The Morgan fingerprint density at radius 3 is 2.68 bits per heavy atom. The number of hydrogen-bond acceptors (Lipinski definition) is 5. The van der Waals surface area contributed by atoms with E-state index in [-0.39, 0.29) is 5.82 Å². The average Bonchev–Trinajstić information content (AvgIpc) is 2.27. The first-order valence-electron chi connectivity index (χ1n) is 5.80. The predicted octanol–water partition coefficient (Wildman–Crippen LogP) is 1.24. The van der Waals surface area contributed by atoms with Gasteiger partial charge in [-0.2, -0.15) is 0 Å². The smallest absolute Gasteiger partial charge is 0.407 e. The summed E-state index contributed by atoms with van der Waals surface area (Å²) in [6.45, 7) is 5.63. The second kappa shape index (κ2) is 6.12. The van der Waals surface area contributed by atoms with Crippen molar-refractivity contribution in [2.24, 2.45) is 0 Å². The van der Waals surface area contributed by atoms with Crippen LogP contribution in [-0.4, -0.2) is 39.3 Å². The minimum Gasteiger partial charge on any atom is -0.475 e. The lowest BCUT2D eigenvalue weighted by atomic mass is 10.2. The second-order valence-corrected chi connectivity index (χ2v) is 4.86. The number of alkyl carbamates (subject to hydrolysis) is 1. The molecule has 1 amide bonds. The maximum Gasteiger partial charge on any atom is 0.407 e. The van der Waals surface area contributed by atoms with Gasteiger partial charge in [0.25, 0.3) is 0 Å². The maximum absolute atomic E-state index is 11.4. The molecular formula is C12H17N3O4. The molecule has 7 nitrogen and oxygen atoms in total. The second-order valence-electron chi connectivity index (χ2n) is 4.86. The van der Waals surface area contributed by atoms with Crippen LogP contribution < -0.4 is 5.32 Å². The van der Waals surface area contributed by atoms with Gasteiger partial charge in [-0.05, 0) is 26.8 Å². The summed E-state index contributed by atoms with van der Waals surface area (Å²) in [7, 11) is 0. The number of rotatable bonds is 4. The molecule has 1 aromatic rings. The first kappa shape index (κ1) is 14.9. The molecule has 1 heterocycles. The van der Waals surface area contributed by atoms with Gasteiger partial charge in [0, 0.05) is 24.9 Å². The Morgan fingerprint density at radius 1 is 1.42 bits per heavy atom. The fourth-order valence-electron chi connectivity index (χ4n) is 1.25. The molecule has 0 radical (unpaired) electrons. The number of carboxylic acid groups (broad SMARTS) is 1. The number of carbonyl (C=O) groups is 2. The molecule has 0 aliphatic carbocycles. The van der Waals surface area contributed by atoms with Gasteiger partial charge in [0.1, 0.15) is 5.60 Å². The number of carboxylic acids is 1. The molecule has 104 valence electrons. The molecule has 1 rings (SSSR count). The van der Waals surface area contributed by atoms with Gasteiger partial charge in [0.15, 0.2) is 0 Å². The first-order valence-corrected chi connectivity index (χ1v) is 5.80. The van der Waals surface area contributed by atoms with E-state index in [0.717, 1.165) is 0 Å². The SMILES string of the molecule is CC(C)(C)OC(=O)NCCc1ccnc(C(=O)O)n1. The Kier molecular flexibility index (Phi) is 4.80. The summed E-state index contributed by atoms with van der Waals surface area (Å²) in [6.07, 6.45) is 1.27. The van der Waals surface area contributed by atoms with E-state index < -0.39 is 17.7 Å². The van der Waals surface area contributed by atoms with Crippen molar-refractivity contribution < 1.29 is 19.4 Å². The van der Waals surface area contributed by atoms with Crippen molar-refractivity contribution in [3.8, 4) is 0 Å². The molecule has 0 saturated carbocycles. The van der Waals surface area contributed by atoms with Crippen LogP contribution in [-0.2, 0) is 11.2 Å². The monoisotopic (exact) mass is 267 g/mol. The average molecular weight is 267 g/mol. The minimum atomic E-state index is -1.18. The van der Waals surface area contributed by atoms with Crippen LogP contribution in [0.1, 0.15) is 37.1 Å². The fraction of sp³-hybridized carbons (Fsp3) is 0.500. The normalized spacial score (nSPS) is 10.9. The summed E-state index contributed by atoms with van der Waals surface area (Å²) in [4.78, 5) is 29.5. The van der Waals surface area contributed by atoms with Gasteiger partial charge in [-0.15, -0.1) is 0 Å². The molecule has 0 unspecified atom stereocenters. The highest BCUT2D eigenvalue weighted by atomic mass is 16.6. The van der Waals surface area contributed by atoms with Crippen LogP contribution >= 0.6 is 0 Å². The molecule has 0 aromatic carbocycles. The maximum atomic E-state index is 11.4. The Labute approximate surface area is 111 Å². The van der Waals surface area contributed by atoms with Crippen molar-refractivity contribution in [3.63, 3.8) is 0 Å². The van der Waals surface area contributed by atoms with E-state index in [2.05, 4.69) is 15.3 Å². The minimum absolute atomic E-state index is 0.255. The summed E-state index contributed by atoms with van der Waals surface area (Å²) in [6, 6.07) is 1.60. The van der Waals surface area contributed by atoms with Gasteiger partial charge in [-0.25, -0.2) is 19.6 Å². The van der Waals surface area contributed by atoms with E-state index in [0.29, 0.717) is 18.7 Å². The van der Waals surface area contributed by atoms with Crippen LogP contribution in [0.15, 0.2) is 12.3 Å². The number of carbonyl (C=O) groups excluding carboxylic acids is 1. The van der Waals surface area contributed by atoms with E-state index in [1.165, 1.54) is 6.20 Å². The van der Waals surface area contributed by atoms with E-state index in [4.69, 9.17) is 9.84 Å². The molecule has 0 fully saturated rings. The number of nitrogens with one attached hydrogen (secondary N) is 1. The van der Waals surface area contributed by atoms with Gasteiger partial charge < -0.3 is 15.2 Å². The third kappa shape index (κ3) is 5.80. The zero-order chi connectivity index (χ0) is 14.5. The molecule has 1 aromatic heterocycles. The first-order chi connectivity index (χ1) is 8.78.